The lowest BCUT2D eigenvalue weighted by atomic mass is 10.0. The van der Waals surface area contributed by atoms with Crippen molar-refractivity contribution in [3.63, 3.8) is 0 Å². The van der Waals surface area contributed by atoms with Crippen LogP contribution in [0.5, 0.6) is 0 Å². The van der Waals surface area contributed by atoms with Crippen molar-refractivity contribution >= 4 is 34.3 Å². The largest absolute Gasteiger partial charge is 0.321 e. The number of hydrogen-bond donors (Lipinski definition) is 1. The lowest BCUT2D eigenvalue weighted by molar-refractivity contribution is 0.0642. The molecule has 0 spiro atoms. The molecule has 0 saturated heterocycles. The predicted octanol–water partition coefficient (Wildman–Crippen LogP) is 3.68. The van der Waals surface area contributed by atoms with Gasteiger partial charge >= 0.3 is 0 Å². The average molecular weight is 408 g/mol. The molecule has 7 heteroatoms. The molecule has 1 aliphatic heterocycles. The summed E-state index contributed by atoms with van der Waals surface area (Å²) in [6, 6.07) is 17.2. The van der Waals surface area contributed by atoms with Crippen LogP contribution in [-0.4, -0.2) is 32.6 Å². The number of carbonyl (C=O) groups is 3. The Morgan fingerprint density at radius 1 is 0.871 bits per heavy atom. The van der Waals surface area contributed by atoms with Crippen molar-refractivity contribution in [1.82, 2.24) is 14.9 Å². The van der Waals surface area contributed by atoms with E-state index in [4.69, 9.17) is 0 Å². The minimum Gasteiger partial charge on any atom is -0.321 e. The summed E-state index contributed by atoms with van der Waals surface area (Å²) < 4.78 is 0. The number of anilines is 1. The van der Waals surface area contributed by atoms with Crippen molar-refractivity contribution in [2.45, 2.75) is 6.54 Å². The number of benzene rings is 2. The van der Waals surface area contributed by atoms with Crippen LogP contribution in [0.4, 0.5) is 5.69 Å². The number of aromatic nitrogens is 2. The Hall–Kier alpha value is -4.39. The van der Waals surface area contributed by atoms with Crippen molar-refractivity contribution in [3.8, 4) is 0 Å². The zero-order valence-corrected chi connectivity index (χ0v) is 16.3. The van der Waals surface area contributed by atoms with Crippen LogP contribution in [0.15, 0.2) is 79.3 Å². The highest BCUT2D eigenvalue weighted by Gasteiger charge is 2.36. The quantitative estimate of drug-likeness (QED) is 0.520. The monoisotopic (exact) mass is 408 g/mol. The molecule has 2 aromatic heterocycles. The zero-order valence-electron chi connectivity index (χ0n) is 16.3. The van der Waals surface area contributed by atoms with Gasteiger partial charge in [-0.1, -0.05) is 6.07 Å². The fourth-order valence-electron chi connectivity index (χ4n) is 3.65. The molecule has 1 aliphatic rings. The van der Waals surface area contributed by atoms with Gasteiger partial charge in [0.25, 0.3) is 17.7 Å². The van der Waals surface area contributed by atoms with Crippen molar-refractivity contribution in [3.05, 3.63) is 102 Å². The maximum Gasteiger partial charge on any atom is 0.261 e. The van der Waals surface area contributed by atoms with Crippen LogP contribution in [0, 0.1) is 0 Å². The topological polar surface area (TPSA) is 92.3 Å². The number of imide groups is 1. The highest BCUT2D eigenvalue weighted by molar-refractivity contribution is 6.22. The Morgan fingerprint density at radius 3 is 2.52 bits per heavy atom. The van der Waals surface area contributed by atoms with Gasteiger partial charge in [0.2, 0.25) is 0 Å². The van der Waals surface area contributed by atoms with E-state index in [2.05, 4.69) is 15.3 Å². The van der Waals surface area contributed by atoms with Gasteiger partial charge in [0.05, 0.1) is 28.9 Å². The fraction of sp³-hybridized carbons (Fsp3) is 0.0417. The third kappa shape index (κ3) is 3.32. The van der Waals surface area contributed by atoms with Crippen LogP contribution in [-0.2, 0) is 6.54 Å². The van der Waals surface area contributed by atoms with Gasteiger partial charge in [0.1, 0.15) is 0 Å². The molecule has 1 N–H and O–H groups in total. The second-order valence-electron chi connectivity index (χ2n) is 7.14. The Kier molecular flexibility index (Phi) is 4.48. The van der Waals surface area contributed by atoms with Crippen molar-refractivity contribution < 1.29 is 14.4 Å². The summed E-state index contributed by atoms with van der Waals surface area (Å²) in [4.78, 5) is 47.9. The summed E-state index contributed by atoms with van der Waals surface area (Å²) in [6.07, 6.45) is 4.91. The molecule has 0 fully saturated rings. The summed E-state index contributed by atoms with van der Waals surface area (Å²) in [6.45, 7) is 0.152. The third-order valence-electron chi connectivity index (χ3n) is 5.22. The van der Waals surface area contributed by atoms with Crippen molar-refractivity contribution in [1.29, 1.82) is 0 Å². The molecule has 150 valence electrons. The summed E-state index contributed by atoms with van der Waals surface area (Å²) in [5.41, 5.74) is 3.01. The molecular formula is C24H16N4O3. The van der Waals surface area contributed by atoms with E-state index >= 15 is 0 Å². The van der Waals surface area contributed by atoms with Gasteiger partial charge in [-0.25, -0.2) is 0 Å². The molecule has 3 heterocycles. The minimum atomic E-state index is -0.416. The maximum atomic E-state index is 12.9. The first-order valence-electron chi connectivity index (χ1n) is 9.66. The predicted molar refractivity (Wildman–Crippen MR) is 115 cm³/mol. The molecule has 0 saturated carbocycles. The molecule has 7 nitrogen and oxygen atoms in total. The highest BCUT2D eigenvalue weighted by atomic mass is 16.2. The number of fused-ring (bicyclic) bond motifs is 2. The van der Waals surface area contributed by atoms with Crippen LogP contribution in [0.2, 0.25) is 0 Å². The molecule has 31 heavy (non-hydrogen) atoms. The first-order chi connectivity index (χ1) is 15.1. The van der Waals surface area contributed by atoms with Crippen LogP contribution in [0.1, 0.15) is 36.6 Å². The van der Waals surface area contributed by atoms with E-state index < -0.39 is 5.91 Å². The van der Waals surface area contributed by atoms with Gasteiger partial charge in [-0.3, -0.25) is 29.3 Å². The van der Waals surface area contributed by atoms with E-state index in [0.29, 0.717) is 16.8 Å². The molecular weight excluding hydrogens is 392 g/mol. The smallest absolute Gasteiger partial charge is 0.261 e. The number of nitrogens with zero attached hydrogens (tertiary/aromatic N) is 3. The Balaban J connectivity index is 1.42. The average Bonchev–Trinajstić information content (AvgIpc) is 3.04. The van der Waals surface area contributed by atoms with Gasteiger partial charge in [0, 0.05) is 29.5 Å². The van der Waals surface area contributed by atoms with E-state index in [0.717, 1.165) is 16.5 Å². The molecule has 5 rings (SSSR count). The zero-order chi connectivity index (χ0) is 21.4. The SMILES string of the molecule is O=C(Nc1cccc2ncccc12)c1ccc2c(c1)C(=O)N(Cc1ccncc1)C2=O. The first kappa shape index (κ1) is 18.6. The summed E-state index contributed by atoms with van der Waals surface area (Å²) in [5.74, 6) is -1.16. The van der Waals surface area contributed by atoms with Crippen LogP contribution < -0.4 is 5.32 Å². The molecule has 2 aromatic carbocycles. The van der Waals surface area contributed by atoms with Crippen molar-refractivity contribution in [2.24, 2.45) is 0 Å². The molecule has 0 aliphatic carbocycles. The summed E-state index contributed by atoms with van der Waals surface area (Å²) >= 11 is 0. The number of amides is 3. The second-order valence-corrected chi connectivity index (χ2v) is 7.14. The van der Waals surface area contributed by atoms with Gasteiger partial charge in [-0.05, 0) is 60.2 Å². The minimum absolute atomic E-state index is 0.152. The van der Waals surface area contributed by atoms with Crippen LogP contribution in [0.25, 0.3) is 10.9 Å². The number of pyridine rings is 2. The van der Waals surface area contributed by atoms with E-state index in [-0.39, 0.29) is 23.9 Å². The first-order valence-corrected chi connectivity index (χ1v) is 9.66. The number of rotatable bonds is 4. The standard InChI is InChI=1S/C24H16N4O3/c29-22(27-21-5-1-4-20-18(21)3-2-10-26-20)16-6-7-17-19(13-16)24(31)28(23(17)30)14-15-8-11-25-12-9-15/h1-13H,14H2,(H,27,29). The molecule has 0 radical (unpaired) electrons. The van der Waals surface area contributed by atoms with E-state index in [9.17, 15) is 14.4 Å². The lowest BCUT2D eigenvalue weighted by Gasteiger charge is -2.13. The Morgan fingerprint density at radius 2 is 1.68 bits per heavy atom. The van der Waals surface area contributed by atoms with Crippen molar-refractivity contribution in [2.75, 3.05) is 5.32 Å². The maximum absolute atomic E-state index is 12.9. The Labute approximate surface area is 177 Å². The lowest BCUT2D eigenvalue weighted by Crippen LogP contribution is -2.29. The summed E-state index contributed by atoms with van der Waals surface area (Å²) in [7, 11) is 0. The summed E-state index contributed by atoms with van der Waals surface area (Å²) in [5, 5.41) is 3.69. The van der Waals surface area contributed by atoms with Gasteiger partial charge in [-0.2, -0.15) is 0 Å². The molecule has 3 amide bonds. The van der Waals surface area contributed by atoms with E-state index in [1.807, 2.05) is 18.2 Å². The van der Waals surface area contributed by atoms with Gasteiger partial charge in [0.15, 0.2) is 0 Å². The van der Waals surface area contributed by atoms with Gasteiger partial charge in [-0.15, -0.1) is 0 Å². The van der Waals surface area contributed by atoms with Crippen LogP contribution in [0.3, 0.4) is 0 Å². The second kappa shape index (κ2) is 7.46. The molecule has 0 bridgehead atoms. The molecule has 4 aromatic rings. The number of hydrogen-bond acceptors (Lipinski definition) is 5. The van der Waals surface area contributed by atoms with Crippen LogP contribution >= 0.6 is 0 Å². The fourth-order valence-corrected chi connectivity index (χ4v) is 3.65. The normalized spacial score (nSPS) is 12.8. The van der Waals surface area contributed by atoms with E-state index in [1.54, 1.807) is 48.9 Å². The Bertz CT molecular complexity index is 1350. The third-order valence-corrected chi connectivity index (χ3v) is 5.22. The van der Waals surface area contributed by atoms with E-state index in [1.165, 1.54) is 17.0 Å². The number of carbonyl (C=O) groups excluding carboxylic acids is 3. The highest BCUT2D eigenvalue weighted by Crippen LogP contribution is 2.27. The molecule has 0 unspecified atom stereocenters. The molecule has 0 atom stereocenters. The number of nitrogens with one attached hydrogen (secondary N) is 1. The van der Waals surface area contributed by atoms with Gasteiger partial charge < -0.3 is 5.32 Å².